The second kappa shape index (κ2) is 1.75. The van der Waals surface area contributed by atoms with Gasteiger partial charge >= 0.3 is 0 Å². The normalized spacial score (nSPS) is 23.2. The molecule has 51 valence electrons. The molecule has 1 nitrogen and oxygen atoms in total. The van der Waals surface area contributed by atoms with Gasteiger partial charge in [-0.2, -0.15) is 0 Å². The Balaban J connectivity index is 2.48. The van der Waals surface area contributed by atoms with Crippen molar-refractivity contribution < 1.29 is 4.74 Å². The molecule has 0 saturated carbocycles. The zero-order valence-electron chi connectivity index (χ0n) is 6.14. The highest BCUT2D eigenvalue weighted by Crippen LogP contribution is 2.38. The summed E-state index contributed by atoms with van der Waals surface area (Å²) in [6, 6.07) is 0. The van der Waals surface area contributed by atoms with Gasteiger partial charge in [0, 0.05) is 11.1 Å². The number of hydrogen-bond donors (Lipinski definition) is 0. The van der Waals surface area contributed by atoms with Crippen LogP contribution < -0.4 is 0 Å². The van der Waals surface area contributed by atoms with E-state index >= 15 is 0 Å². The van der Waals surface area contributed by atoms with E-state index in [0.717, 1.165) is 11.9 Å². The molecule has 0 aromatic heterocycles. The minimum Gasteiger partial charge on any atom is -0.482 e. The number of allylic oxidation sites excluding steroid dienone is 4. The van der Waals surface area contributed by atoms with Gasteiger partial charge in [0.1, 0.15) is 5.76 Å². The van der Waals surface area contributed by atoms with Gasteiger partial charge in [-0.05, 0) is 13.8 Å². The minimum atomic E-state index is 1.03. The monoisotopic (exact) mass is 133 g/mol. The van der Waals surface area contributed by atoms with Gasteiger partial charge in [0.2, 0.25) is 0 Å². The molecule has 0 saturated heterocycles. The van der Waals surface area contributed by atoms with Crippen LogP contribution in [0.5, 0.6) is 0 Å². The van der Waals surface area contributed by atoms with Gasteiger partial charge in [0.25, 0.3) is 0 Å². The molecule has 0 amide bonds. The van der Waals surface area contributed by atoms with Gasteiger partial charge in [-0.1, -0.05) is 18.2 Å². The Morgan fingerprint density at radius 3 is 2.80 bits per heavy atom. The Morgan fingerprint density at radius 2 is 2.10 bits per heavy atom. The Bertz CT molecular complexity index is 256. The highest BCUT2D eigenvalue weighted by Gasteiger charge is 2.26. The second-order valence-corrected chi connectivity index (χ2v) is 2.57. The van der Waals surface area contributed by atoms with Crippen molar-refractivity contribution in [3.63, 3.8) is 0 Å². The largest absolute Gasteiger partial charge is 0.482 e. The summed E-state index contributed by atoms with van der Waals surface area (Å²) in [6.07, 6.45) is 7.25. The van der Waals surface area contributed by atoms with E-state index in [1.165, 1.54) is 11.1 Å². The molecule has 2 aliphatic rings. The van der Waals surface area contributed by atoms with Gasteiger partial charge in [-0.15, -0.1) is 0 Å². The van der Waals surface area contributed by atoms with Crippen LogP contribution in [0.3, 0.4) is 0 Å². The van der Waals surface area contributed by atoms with Crippen molar-refractivity contribution in [3.8, 4) is 0 Å². The molecule has 0 unspecified atom stereocenters. The Hall–Kier alpha value is -0.980. The van der Waals surface area contributed by atoms with E-state index in [9.17, 15) is 0 Å². The summed E-state index contributed by atoms with van der Waals surface area (Å²) in [5.74, 6) is 1.03. The summed E-state index contributed by atoms with van der Waals surface area (Å²) >= 11 is 0. The van der Waals surface area contributed by atoms with E-state index in [1.807, 2.05) is 13.8 Å². The summed E-state index contributed by atoms with van der Waals surface area (Å²) < 4.78 is 5.40. The fraction of sp³-hybridized carbons (Fsp3) is 0.222. The van der Waals surface area contributed by atoms with Crippen LogP contribution in [-0.4, -0.2) is 0 Å². The van der Waals surface area contributed by atoms with Crippen LogP contribution in [0, 0.1) is 6.10 Å². The van der Waals surface area contributed by atoms with Crippen LogP contribution in [0.15, 0.2) is 35.1 Å². The SMILES string of the molecule is C[C]1OC(C)=C2C=CC=C12. The van der Waals surface area contributed by atoms with Crippen molar-refractivity contribution in [1.82, 2.24) is 0 Å². The fourth-order valence-corrected chi connectivity index (χ4v) is 1.37. The fourth-order valence-electron chi connectivity index (χ4n) is 1.37. The van der Waals surface area contributed by atoms with Crippen LogP contribution in [-0.2, 0) is 4.74 Å². The predicted molar refractivity (Wildman–Crippen MR) is 39.9 cm³/mol. The van der Waals surface area contributed by atoms with Crippen molar-refractivity contribution in [3.05, 3.63) is 41.2 Å². The van der Waals surface area contributed by atoms with Gasteiger partial charge in [-0.3, -0.25) is 0 Å². The molecule has 1 aliphatic heterocycles. The highest BCUT2D eigenvalue weighted by atomic mass is 16.5. The van der Waals surface area contributed by atoms with Crippen molar-refractivity contribution in [2.75, 3.05) is 0 Å². The Kier molecular flexibility index (Phi) is 1.01. The predicted octanol–water partition coefficient (Wildman–Crippen LogP) is 2.34. The van der Waals surface area contributed by atoms with Gasteiger partial charge < -0.3 is 4.74 Å². The second-order valence-electron chi connectivity index (χ2n) is 2.57. The molecule has 0 atom stereocenters. The molecule has 0 aromatic carbocycles. The Morgan fingerprint density at radius 1 is 1.30 bits per heavy atom. The molecule has 0 spiro atoms. The number of ether oxygens (including phenoxy) is 1. The van der Waals surface area contributed by atoms with E-state index in [4.69, 9.17) is 4.74 Å². The summed E-state index contributed by atoms with van der Waals surface area (Å²) in [7, 11) is 0. The van der Waals surface area contributed by atoms with Crippen molar-refractivity contribution >= 4 is 0 Å². The molecule has 0 bridgehead atoms. The lowest BCUT2D eigenvalue weighted by atomic mass is 10.1. The van der Waals surface area contributed by atoms with E-state index in [-0.39, 0.29) is 0 Å². The third kappa shape index (κ3) is 0.576. The first kappa shape index (κ1) is 5.78. The first-order valence-corrected chi connectivity index (χ1v) is 3.40. The van der Waals surface area contributed by atoms with Crippen LogP contribution in [0.1, 0.15) is 13.8 Å². The minimum absolute atomic E-state index is 1.03. The van der Waals surface area contributed by atoms with Crippen LogP contribution >= 0.6 is 0 Å². The number of fused-ring (bicyclic) bond motifs is 1. The Labute approximate surface area is 60.7 Å². The van der Waals surface area contributed by atoms with E-state index in [1.54, 1.807) is 0 Å². The number of rotatable bonds is 0. The van der Waals surface area contributed by atoms with Crippen molar-refractivity contribution in [2.24, 2.45) is 0 Å². The van der Waals surface area contributed by atoms with Crippen molar-refractivity contribution in [2.45, 2.75) is 13.8 Å². The molecule has 0 N–H and O–H groups in total. The van der Waals surface area contributed by atoms with Gasteiger partial charge in [0.05, 0.1) is 0 Å². The summed E-state index contributed by atoms with van der Waals surface area (Å²) in [5.41, 5.74) is 2.50. The van der Waals surface area contributed by atoms with Crippen molar-refractivity contribution in [1.29, 1.82) is 0 Å². The lowest BCUT2D eigenvalue weighted by molar-refractivity contribution is 0.269. The molecular weight excluding hydrogens is 124 g/mol. The first-order valence-electron chi connectivity index (χ1n) is 3.40. The molecule has 0 fully saturated rings. The molecule has 0 aromatic rings. The average Bonchev–Trinajstić information content (AvgIpc) is 2.39. The molecule has 10 heavy (non-hydrogen) atoms. The summed E-state index contributed by atoms with van der Waals surface area (Å²) in [6.45, 7) is 3.99. The van der Waals surface area contributed by atoms with Crippen LogP contribution in [0.4, 0.5) is 0 Å². The van der Waals surface area contributed by atoms with E-state index in [2.05, 4.69) is 18.2 Å². The average molecular weight is 133 g/mol. The molecule has 1 radical (unpaired) electrons. The van der Waals surface area contributed by atoms with Crippen LogP contribution in [0.2, 0.25) is 0 Å². The molecular formula is C9H9O. The lowest BCUT2D eigenvalue weighted by Gasteiger charge is -2.02. The molecule has 1 heterocycles. The zero-order chi connectivity index (χ0) is 7.14. The maximum atomic E-state index is 5.40. The summed E-state index contributed by atoms with van der Waals surface area (Å²) in [4.78, 5) is 0. The molecule has 1 aliphatic carbocycles. The van der Waals surface area contributed by atoms with Gasteiger partial charge in [0.15, 0.2) is 6.10 Å². The molecule has 1 heteroatoms. The van der Waals surface area contributed by atoms with Crippen LogP contribution in [0.25, 0.3) is 0 Å². The lowest BCUT2D eigenvalue weighted by Crippen LogP contribution is -1.89. The number of hydrogen-bond acceptors (Lipinski definition) is 1. The standard InChI is InChI=1S/C9H9O/c1-6-8-4-3-5-9(8)7(2)10-6/h3-5H,1-2H3. The summed E-state index contributed by atoms with van der Waals surface area (Å²) in [5, 5.41) is 0. The zero-order valence-corrected chi connectivity index (χ0v) is 6.14. The quantitative estimate of drug-likeness (QED) is 0.492. The third-order valence-electron chi connectivity index (χ3n) is 1.88. The maximum absolute atomic E-state index is 5.40. The van der Waals surface area contributed by atoms with E-state index < -0.39 is 0 Å². The maximum Gasteiger partial charge on any atom is 0.175 e. The van der Waals surface area contributed by atoms with E-state index in [0.29, 0.717) is 0 Å². The third-order valence-corrected chi connectivity index (χ3v) is 1.88. The molecule has 2 rings (SSSR count). The topological polar surface area (TPSA) is 9.23 Å². The highest BCUT2D eigenvalue weighted by molar-refractivity contribution is 5.58. The van der Waals surface area contributed by atoms with Gasteiger partial charge in [-0.25, -0.2) is 0 Å². The first-order chi connectivity index (χ1) is 4.79. The smallest absolute Gasteiger partial charge is 0.175 e.